The van der Waals surface area contributed by atoms with Crippen molar-refractivity contribution < 1.29 is 0 Å². The molecule has 0 radical (unpaired) electrons. The zero-order valence-electron chi connectivity index (χ0n) is 27.4. The summed E-state index contributed by atoms with van der Waals surface area (Å²) in [4.78, 5) is 2.47. The van der Waals surface area contributed by atoms with E-state index in [4.69, 9.17) is 0 Å². The van der Waals surface area contributed by atoms with Gasteiger partial charge in [0.1, 0.15) is 0 Å². The van der Waals surface area contributed by atoms with E-state index in [0.717, 1.165) is 5.69 Å². The number of benzene rings is 7. The lowest BCUT2D eigenvalue weighted by Gasteiger charge is -2.30. The topological polar surface area (TPSA) is 3.24 Å². The lowest BCUT2D eigenvalue weighted by molar-refractivity contribution is 0.660. The highest BCUT2D eigenvalue weighted by atomic mass is 15.1. The first-order chi connectivity index (χ1) is 22.8. The Morgan fingerprint density at radius 1 is 0.404 bits per heavy atom. The van der Waals surface area contributed by atoms with Crippen LogP contribution in [0.5, 0.6) is 0 Å². The predicted octanol–water partition coefficient (Wildman–Crippen LogP) is 12.6. The molecule has 0 atom stereocenters. The first-order valence-electron chi connectivity index (χ1n) is 16.7. The lowest BCUT2D eigenvalue weighted by atomic mass is 9.79. The monoisotopic (exact) mass is 603 g/mol. The standard InChI is InChI=1S/C46H37N/c1-45(2)40-23-9-7-19-36(40)38-27-26-33(29-42(38)45)47(43-25-12-15-30-14-5-6-18-34(30)43)32-17-11-16-31(28-32)35-21-13-22-39-37-20-8-10-24-41(37)46(3,4)44(35)39/h5-29H,1-4H3. The van der Waals surface area contributed by atoms with Crippen molar-refractivity contribution >= 4 is 27.8 Å². The van der Waals surface area contributed by atoms with E-state index in [0.29, 0.717) is 0 Å². The van der Waals surface area contributed by atoms with Crippen LogP contribution in [-0.2, 0) is 10.8 Å². The Kier molecular flexibility index (Phi) is 5.96. The van der Waals surface area contributed by atoms with E-state index in [9.17, 15) is 0 Å². The smallest absolute Gasteiger partial charge is 0.0540 e. The van der Waals surface area contributed by atoms with E-state index < -0.39 is 0 Å². The van der Waals surface area contributed by atoms with Crippen LogP contribution in [0.3, 0.4) is 0 Å². The summed E-state index contributed by atoms with van der Waals surface area (Å²) >= 11 is 0. The van der Waals surface area contributed by atoms with Gasteiger partial charge in [-0.05, 0) is 91.4 Å². The third-order valence-electron chi connectivity index (χ3n) is 10.8. The summed E-state index contributed by atoms with van der Waals surface area (Å²) in [5.41, 5.74) is 16.8. The highest BCUT2D eigenvalue weighted by molar-refractivity contribution is 6.00. The SMILES string of the molecule is CC1(C)c2ccccc2-c2ccc(N(c3cccc(-c4cccc5c4C(C)(C)c4ccccc4-5)c3)c3cccc4ccccc34)cc21. The highest BCUT2D eigenvalue weighted by Gasteiger charge is 2.38. The molecule has 226 valence electrons. The third kappa shape index (κ3) is 4.02. The molecular formula is C46H37N. The van der Waals surface area contributed by atoms with Gasteiger partial charge in [-0.3, -0.25) is 0 Å². The summed E-state index contributed by atoms with van der Waals surface area (Å²) < 4.78 is 0. The summed E-state index contributed by atoms with van der Waals surface area (Å²) in [6.45, 7) is 9.47. The molecule has 0 saturated heterocycles. The van der Waals surface area contributed by atoms with Gasteiger partial charge in [0, 0.05) is 27.6 Å². The van der Waals surface area contributed by atoms with Gasteiger partial charge in [0.15, 0.2) is 0 Å². The van der Waals surface area contributed by atoms with E-state index in [1.54, 1.807) is 0 Å². The van der Waals surface area contributed by atoms with E-state index in [-0.39, 0.29) is 10.8 Å². The van der Waals surface area contributed by atoms with Crippen molar-refractivity contribution in [1.82, 2.24) is 0 Å². The Balaban J connectivity index is 1.26. The Bertz CT molecular complexity index is 2370. The Morgan fingerprint density at radius 3 is 1.81 bits per heavy atom. The molecule has 7 aromatic carbocycles. The minimum Gasteiger partial charge on any atom is -0.310 e. The van der Waals surface area contributed by atoms with Crippen molar-refractivity contribution in [1.29, 1.82) is 0 Å². The second-order valence-corrected chi connectivity index (χ2v) is 14.2. The summed E-state index contributed by atoms with van der Waals surface area (Å²) in [5, 5.41) is 2.47. The van der Waals surface area contributed by atoms with Gasteiger partial charge >= 0.3 is 0 Å². The maximum absolute atomic E-state index is 2.47. The lowest BCUT2D eigenvalue weighted by Crippen LogP contribution is -2.17. The molecule has 47 heavy (non-hydrogen) atoms. The molecule has 7 aromatic rings. The molecule has 0 fully saturated rings. The van der Waals surface area contributed by atoms with Gasteiger partial charge in [0.05, 0.1) is 5.69 Å². The summed E-state index contributed by atoms with van der Waals surface area (Å²) in [6, 6.07) is 56.3. The molecule has 0 unspecified atom stereocenters. The molecule has 0 N–H and O–H groups in total. The molecule has 2 aliphatic rings. The van der Waals surface area contributed by atoms with Crippen molar-refractivity contribution in [2.24, 2.45) is 0 Å². The van der Waals surface area contributed by atoms with Crippen LogP contribution in [0.2, 0.25) is 0 Å². The fourth-order valence-electron chi connectivity index (χ4n) is 8.56. The molecule has 0 bridgehead atoms. The number of fused-ring (bicyclic) bond motifs is 7. The fourth-order valence-corrected chi connectivity index (χ4v) is 8.56. The van der Waals surface area contributed by atoms with E-state index >= 15 is 0 Å². The van der Waals surface area contributed by atoms with Gasteiger partial charge in [-0.15, -0.1) is 0 Å². The summed E-state index contributed by atoms with van der Waals surface area (Å²) in [5.74, 6) is 0. The molecule has 0 aliphatic heterocycles. The summed E-state index contributed by atoms with van der Waals surface area (Å²) in [6.07, 6.45) is 0. The Morgan fingerprint density at radius 2 is 0.979 bits per heavy atom. The Labute approximate surface area is 277 Å². The summed E-state index contributed by atoms with van der Waals surface area (Å²) in [7, 11) is 0. The van der Waals surface area contributed by atoms with Crippen LogP contribution in [0.1, 0.15) is 49.9 Å². The van der Waals surface area contributed by atoms with Crippen molar-refractivity contribution in [3.8, 4) is 33.4 Å². The van der Waals surface area contributed by atoms with Gasteiger partial charge < -0.3 is 4.90 Å². The van der Waals surface area contributed by atoms with E-state index in [1.807, 2.05) is 0 Å². The fraction of sp³-hybridized carbons (Fsp3) is 0.130. The van der Waals surface area contributed by atoms with Gasteiger partial charge in [-0.2, -0.15) is 0 Å². The molecule has 1 heteroatoms. The van der Waals surface area contributed by atoms with Crippen LogP contribution in [0.25, 0.3) is 44.2 Å². The first kappa shape index (κ1) is 27.9. The first-order valence-corrected chi connectivity index (χ1v) is 16.7. The average molecular weight is 604 g/mol. The van der Waals surface area contributed by atoms with Crippen molar-refractivity contribution in [2.45, 2.75) is 38.5 Å². The number of nitrogens with zero attached hydrogens (tertiary/aromatic N) is 1. The maximum Gasteiger partial charge on any atom is 0.0540 e. The van der Waals surface area contributed by atoms with Crippen molar-refractivity contribution in [3.63, 3.8) is 0 Å². The predicted molar refractivity (Wildman–Crippen MR) is 199 cm³/mol. The van der Waals surface area contributed by atoms with Crippen LogP contribution >= 0.6 is 0 Å². The number of hydrogen-bond acceptors (Lipinski definition) is 1. The quantitative estimate of drug-likeness (QED) is 0.193. The maximum atomic E-state index is 2.47. The second-order valence-electron chi connectivity index (χ2n) is 14.2. The molecule has 0 aromatic heterocycles. The van der Waals surface area contributed by atoms with Crippen LogP contribution in [0.4, 0.5) is 17.1 Å². The van der Waals surface area contributed by atoms with Crippen molar-refractivity contribution in [3.05, 3.63) is 174 Å². The molecule has 0 heterocycles. The van der Waals surface area contributed by atoms with Gasteiger partial charge in [0.2, 0.25) is 0 Å². The van der Waals surface area contributed by atoms with Crippen LogP contribution in [0.15, 0.2) is 152 Å². The zero-order valence-corrected chi connectivity index (χ0v) is 27.4. The number of rotatable bonds is 4. The zero-order chi connectivity index (χ0) is 31.9. The van der Waals surface area contributed by atoms with E-state index in [2.05, 4.69) is 184 Å². The van der Waals surface area contributed by atoms with Crippen LogP contribution < -0.4 is 4.90 Å². The van der Waals surface area contributed by atoms with Gasteiger partial charge in [0.25, 0.3) is 0 Å². The molecule has 2 aliphatic carbocycles. The normalized spacial score (nSPS) is 14.7. The van der Waals surface area contributed by atoms with Gasteiger partial charge in [-0.1, -0.05) is 149 Å². The van der Waals surface area contributed by atoms with Crippen LogP contribution in [0, 0.1) is 0 Å². The minimum atomic E-state index is -0.0889. The number of anilines is 3. The largest absolute Gasteiger partial charge is 0.310 e. The van der Waals surface area contributed by atoms with Gasteiger partial charge in [-0.25, -0.2) is 0 Å². The van der Waals surface area contributed by atoms with E-state index in [1.165, 1.54) is 77.8 Å². The second kappa shape index (κ2) is 10.0. The van der Waals surface area contributed by atoms with Crippen LogP contribution in [-0.4, -0.2) is 0 Å². The average Bonchev–Trinajstić information content (AvgIpc) is 3.48. The molecule has 0 spiro atoms. The molecule has 0 saturated carbocycles. The third-order valence-corrected chi connectivity index (χ3v) is 10.8. The minimum absolute atomic E-state index is 0.0839. The molecule has 1 nitrogen and oxygen atoms in total. The highest BCUT2D eigenvalue weighted by Crippen LogP contribution is 2.53. The molecular weight excluding hydrogens is 567 g/mol. The van der Waals surface area contributed by atoms with Crippen molar-refractivity contribution in [2.75, 3.05) is 4.90 Å². The molecule has 0 amide bonds. The molecule has 9 rings (SSSR count). The Hall–Kier alpha value is -5.40. The number of hydrogen-bond donors (Lipinski definition) is 0.